The normalized spacial score (nSPS) is 14.5. The van der Waals surface area contributed by atoms with E-state index in [1.807, 2.05) is 0 Å². The van der Waals surface area contributed by atoms with Crippen molar-refractivity contribution < 1.29 is 47.8 Å². The van der Waals surface area contributed by atoms with E-state index >= 15 is 0 Å². The Bertz CT molecular complexity index is 1180. The van der Waals surface area contributed by atoms with E-state index in [1.165, 1.54) is 44.9 Å². The molecule has 10 nitrogen and oxygen atoms in total. The van der Waals surface area contributed by atoms with E-state index in [4.69, 9.17) is 18.5 Å². The van der Waals surface area contributed by atoms with E-state index in [0.717, 1.165) is 83.5 Å². The molecule has 0 heterocycles. The SMILES string of the molecule is CC/C=C\C/C=C\C/C=C\C/C=C\CCCCCCC(=O)OC(CO)COP(=O)(O)OCC(CO)OC(=O)CCCCCCCCC/C=C\C/C=C\CCCCC. The predicted molar refractivity (Wildman–Crippen MR) is 233 cm³/mol. The minimum Gasteiger partial charge on any atom is -0.457 e. The number of carbonyl (C=O) groups is 2. The number of esters is 2. The number of rotatable bonds is 40. The summed E-state index contributed by atoms with van der Waals surface area (Å²) in [5.74, 6) is -1.06. The molecule has 0 amide bonds. The maximum atomic E-state index is 12.4. The van der Waals surface area contributed by atoms with Crippen LogP contribution in [0.5, 0.6) is 0 Å². The Hall–Kier alpha value is -2.59. The first-order valence-electron chi connectivity index (χ1n) is 21.9. The van der Waals surface area contributed by atoms with E-state index < -0.39 is 58.4 Å². The molecule has 0 radical (unpaired) electrons. The van der Waals surface area contributed by atoms with Gasteiger partial charge >= 0.3 is 19.8 Å². The standard InChI is InChI=1S/C46H79O10P/c1-3-5-7-9-11-13-15-17-19-21-23-25-27-29-31-33-35-37-45(49)55-43(39-47)41-53-57(51,52)54-42-44(40-48)56-46(50)38-36-34-32-30-28-26-24-22-20-18-16-14-12-10-8-6-4-2/h5,7,11-14,17-20,23,25,43-44,47-48H,3-4,6,8-10,15-16,21-22,24,26-42H2,1-2H3,(H,51,52)/b7-5-,13-11-,14-12-,19-17-,20-18-,25-23-. The van der Waals surface area contributed by atoms with Crippen LogP contribution in [0.25, 0.3) is 0 Å². The second-order valence-electron chi connectivity index (χ2n) is 14.3. The van der Waals surface area contributed by atoms with Crippen molar-refractivity contribution in [3.8, 4) is 0 Å². The molecule has 3 N–H and O–H groups in total. The first kappa shape index (κ1) is 54.4. The van der Waals surface area contributed by atoms with Gasteiger partial charge in [0.2, 0.25) is 0 Å². The van der Waals surface area contributed by atoms with Crippen molar-refractivity contribution in [2.45, 2.75) is 180 Å². The molecule has 0 saturated heterocycles. The molecule has 0 bridgehead atoms. The highest BCUT2D eigenvalue weighted by Gasteiger charge is 2.27. The van der Waals surface area contributed by atoms with Gasteiger partial charge in [0, 0.05) is 12.8 Å². The van der Waals surface area contributed by atoms with Crippen molar-refractivity contribution in [3.63, 3.8) is 0 Å². The Labute approximate surface area is 346 Å². The Morgan fingerprint density at radius 3 is 1.19 bits per heavy atom. The van der Waals surface area contributed by atoms with Crippen LogP contribution in [0, 0.1) is 0 Å². The van der Waals surface area contributed by atoms with Gasteiger partial charge in [0.25, 0.3) is 0 Å². The van der Waals surface area contributed by atoms with Crippen molar-refractivity contribution in [2.75, 3.05) is 26.4 Å². The largest absolute Gasteiger partial charge is 0.472 e. The number of unbranched alkanes of at least 4 members (excludes halogenated alkanes) is 14. The number of allylic oxidation sites excluding steroid dienone is 12. The lowest BCUT2D eigenvalue weighted by atomic mass is 10.1. The van der Waals surface area contributed by atoms with Crippen molar-refractivity contribution in [1.82, 2.24) is 0 Å². The van der Waals surface area contributed by atoms with Crippen LogP contribution in [0.3, 0.4) is 0 Å². The average Bonchev–Trinajstić information content (AvgIpc) is 3.20. The molecule has 0 aromatic rings. The highest BCUT2D eigenvalue weighted by atomic mass is 31.2. The van der Waals surface area contributed by atoms with E-state index in [-0.39, 0.29) is 12.8 Å². The summed E-state index contributed by atoms with van der Waals surface area (Å²) < 4.78 is 32.6. The number of aliphatic hydroxyl groups excluding tert-OH is 2. The van der Waals surface area contributed by atoms with Gasteiger partial charge in [0.1, 0.15) is 12.2 Å². The zero-order valence-electron chi connectivity index (χ0n) is 35.5. The van der Waals surface area contributed by atoms with Crippen molar-refractivity contribution in [2.24, 2.45) is 0 Å². The third kappa shape index (κ3) is 40.0. The molecule has 328 valence electrons. The molecule has 0 fully saturated rings. The lowest BCUT2D eigenvalue weighted by Crippen LogP contribution is -2.28. The topological polar surface area (TPSA) is 149 Å². The molecule has 3 atom stereocenters. The number of hydrogen-bond acceptors (Lipinski definition) is 9. The summed E-state index contributed by atoms with van der Waals surface area (Å²) in [5.41, 5.74) is 0. The summed E-state index contributed by atoms with van der Waals surface area (Å²) >= 11 is 0. The van der Waals surface area contributed by atoms with Gasteiger partial charge in [-0.1, -0.05) is 145 Å². The number of aliphatic hydroxyl groups is 2. The van der Waals surface area contributed by atoms with Crippen LogP contribution in [-0.2, 0) is 32.7 Å². The summed E-state index contributed by atoms with van der Waals surface area (Å²) in [5, 5.41) is 19.2. The molecule has 0 aliphatic carbocycles. The third-order valence-corrected chi connectivity index (χ3v) is 9.85. The van der Waals surface area contributed by atoms with Gasteiger partial charge in [-0.2, -0.15) is 0 Å². The molecule has 57 heavy (non-hydrogen) atoms. The highest BCUT2D eigenvalue weighted by molar-refractivity contribution is 7.47. The van der Waals surface area contributed by atoms with Crippen LogP contribution in [0.4, 0.5) is 0 Å². The average molecular weight is 823 g/mol. The van der Waals surface area contributed by atoms with Gasteiger partial charge in [-0.3, -0.25) is 18.6 Å². The van der Waals surface area contributed by atoms with Crippen molar-refractivity contribution in [1.29, 1.82) is 0 Å². The Morgan fingerprint density at radius 1 is 0.491 bits per heavy atom. The fraction of sp³-hybridized carbons (Fsp3) is 0.696. The first-order valence-corrected chi connectivity index (χ1v) is 23.4. The van der Waals surface area contributed by atoms with Gasteiger partial charge in [0.15, 0.2) is 0 Å². The molecule has 0 rings (SSSR count). The first-order chi connectivity index (χ1) is 27.8. The number of carbonyl (C=O) groups excluding carboxylic acids is 2. The van der Waals surface area contributed by atoms with Crippen LogP contribution in [0.2, 0.25) is 0 Å². The number of ether oxygens (including phenoxy) is 2. The summed E-state index contributed by atoms with van der Waals surface area (Å²) in [7, 11) is -4.65. The van der Waals surface area contributed by atoms with Crippen LogP contribution in [-0.4, -0.2) is 65.7 Å². The Kier molecular flexibility index (Phi) is 39.7. The van der Waals surface area contributed by atoms with Gasteiger partial charge < -0.3 is 24.6 Å². The van der Waals surface area contributed by atoms with Gasteiger partial charge in [-0.05, 0) is 83.5 Å². The van der Waals surface area contributed by atoms with Gasteiger partial charge in [-0.25, -0.2) is 4.57 Å². The zero-order valence-corrected chi connectivity index (χ0v) is 36.4. The summed E-state index contributed by atoms with van der Waals surface area (Å²) in [6.45, 7) is 2.02. The van der Waals surface area contributed by atoms with Crippen LogP contribution in [0.15, 0.2) is 72.9 Å². The minimum absolute atomic E-state index is 0.160. The molecule has 0 spiro atoms. The highest BCUT2D eigenvalue weighted by Crippen LogP contribution is 2.43. The Balaban J connectivity index is 3.98. The van der Waals surface area contributed by atoms with Crippen LogP contribution >= 0.6 is 7.82 Å². The maximum Gasteiger partial charge on any atom is 0.472 e. The van der Waals surface area contributed by atoms with Crippen LogP contribution in [0.1, 0.15) is 168 Å². The fourth-order valence-electron chi connectivity index (χ4n) is 5.55. The summed E-state index contributed by atoms with van der Waals surface area (Å²) in [6.07, 6.45) is 47.2. The maximum absolute atomic E-state index is 12.4. The molecular formula is C46H79O10P. The lowest BCUT2D eigenvalue weighted by Gasteiger charge is -2.20. The number of phosphoric ester groups is 1. The van der Waals surface area contributed by atoms with Gasteiger partial charge in [0.05, 0.1) is 26.4 Å². The summed E-state index contributed by atoms with van der Waals surface area (Å²) in [6, 6.07) is 0. The van der Waals surface area contributed by atoms with E-state index in [0.29, 0.717) is 12.8 Å². The lowest BCUT2D eigenvalue weighted by molar-refractivity contribution is -0.153. The summed E-state index contributed by atoms with van der Waals surface area (Å²) in [4.78, 5) is 34.5. The Morgan fingerprint density at radius 2 is 0.825 bits per heavy atom. The molecular weight excluding hydrogens is 743 g/mol. The van der Waals surface area contributed by atoms with Crippen molar-refractivity contribution >= 4 is 19.8 Å². The second kappa shape index (κ2) is 41.6. The molecule has 0 aliphatic rings. The fourth-order valence-corrected chi connectivity index (χ4v) is 6.33. The van der Waals surface area contributed by atoms with Gasteiger partial charge in [-0.15, -0.1) is 0 Å². The molecule has 0 aliphatic heterocycles. The molecule has 0 saturated carbocycles. The second-order valence-corrected chi connectivity index (χ2v) is 15.7. The molecule has 0 aromatic heterocycles. The zero-order chi connectivity index (χ0) is 41.9. The van der Waals surface area contributed by atoms with E-state index in [1.54, 1.807) is 0 Å². The predicted octanol–water partition coefficient (Wildman–Crippen LogP) is 11.7. The molecule has 11 heteroatoms. The third-order valence-electron chi connectivity index (χ3n) is 8.90. The van der Waals surface area contributed by atoms with Crippen LogP contribution < -0.4 is 0 Å². The minimum atomic E-state index is -4.65. The molecule has 3 unspecified atom stereocenters. The van der Waals surface area contributed by atoms with E-state index in [2.05, 4.69) is 86.8 Å². The quantitative estimate of drug-likeness (QED) is 0.0236. The van der Waals surface area contributed by atoms with E-state index in [9.17, 15) is 29.3 Å². The monoisotopic (exact) mass is 823 g/mol. The molecule has 0 aromatic carbocycles. The number of phosphoric acid groups is 1. The number of hydrogen-bond donors (Lipinski definition) is 3. The smallest absolute Gasteiger partial charge is 0.457 e. The van der Waals surface area contributed by atoms with Crippen molar-refractivity contribution in [3.05, 3.63) is 72.9 Å².